The third-order valence-electron chi connectivity index (χ3n) is 14.5. The van der Waals surface area contributed by atoms with Crippen molar-refractivity contribution in [1.82, 2.24) is 40.4 Å². The van der Waals surface area contributed by atoms with Gasteiger partial charge in [0.15, 0.2) is 0 Å². The molecule has 2 fully saturated rings. The molecule has 5 aromatic rings. The quantitative estimate of drug-likeness (QED) is 0.0216. The Kier molecular flexibility index (Phi) is 29.0. The molecule has 76 heavy (non-hydrogen) atoms. The maximum absolute atomic E-state index is 10.8. The molecule has 1 saturated carbocycles. The van der Waals surface area contributed by atoms with Gasteiger partial charge in [0.05, 0.1) is 28.3 Å². The van der Waals surface area contributed by atoms with Crippen molar-refractivity contribution in [2.75, 3.05) is 58.2 Å². The molecular weight excluding hydrogens is 969 g/mol. The van der Waals surface area contributed by atoms with Gasteiger partial charge < -0.3 is 46.6 Å². The summed E-state index contributed by atoms with van der Waals surface area (Å²) in [5.41, 5.74) is 15.4. The molecule has 1 saturated heterocycles. The lowest BCUT2D eigenvalue weighted by Crippen LogP contribution is -2.46. The van der Waals surface area contributed by atoms with E-state index in [0.29, 0.717) is 37.3 Å². The van der Waals surface area contributed by atoms with E-state index >= 15 is 0 Å². The molecule has 2 aromatic carbocycles. The number of hydrogen-bond acceptors (Lipinski definition) is 13. The van der Waals surface area contributed by atoms with Crippen LogP contribution in [0.15, 0.2) is 79.2 Å². The number of nitrogens with two attached hydrogens (primary N) is 1. The van der Waals surface area contributed by atoms with Crippen LogP contribution in [0.1, 0.15) is 154 Å². The van der Waals surface area contributed by atoms with Crippen molar-refractivity contribution in [1.29, 1.82) is 0 Å². The Bertz CT molecular complexity index is 2370. The number of aromatic amines is 1. The Morgan fingerprint density at radius 2 is 1.59 bits per heavy atom. The van der Waals surface area contributed by atoms with Crippen LogP contribution in [0, 0.1) is 24.2 Å². The minimum absolute atomic E-state index is 0.0359. The zero-order valence-corrected chi connectivity index (χ0v) is 48.4. The van der Waals surface area contributed by atoms with Crippen LogP contribution in [0.5, 0.6) is 0 Å². The molecule has 4 heterocycles. The molecule has 3 atom stereocenters. The second-order valence-electron chi connectivity index (χ2n) is 22.0. The molecule has 2 aliphatic rings. The van der Waals surface area contributed by atoms with E-state index in [0.717, 1.165) is 119 Å². The van der Waals surface area contributed by atoms with Crippen LogP contribution in [-0.2, 0) is 16.1 Å². The van der Waals surface area contributed by atoms with Gasteiger partial charge in [0.1, 0.15) is 11.9 Å². The molecule has 15 heteroatoms. The maximum atomic E-state index is 10.8. The number of fused-ring (bicyclic) bond motifs is 1. The third-order valence-corrected chi connectivity index (χ3v) is 15.5. The van der Waals surface area contributed by atoms with Crippen LogP contribution >= 0.6 is 11.3 Å². The number of aryl methyl sites for hydroxylation is 1. The van der Waals surface area contributed by atoms with Crippen molar-refractivity contribution in [3.63, 3.8) is 0 Å². The van der Waals surface area contributed by atoms with E-state index in [4.69, 9.17) is 15.8 Å². The highest BCUT2D eigenvalue weighted by Gasteiger charge is 2.21. The van der Waals surface area contributed by atoms with E-state index in [1.54, 1.807) is 17.5 Å². The molecule has 0 spiro atoms. The van der Waals surface area contributed by atoms with E-state index in [9.17, 15) is 14.7 Å². The lowest BCUT2D eigenvalue weighted by atomic mass is 9.83. The maximum Gasteiger partial charge on any atom is 0.224 e. The number of aliphatic hydroxyl groups is 2. The predicted octanol–water partition coefficient (Wildman–Crippen LogP) is 11.5. The number of hydrogen-bond donors (Lipinski definition) is 7. The molecule has 1 amide bonds. The number of anilines is 1. The molecule has 0 radical (unpaired) electrons. The van der Waals surface area contributed by atoms with Gasteiger partial charge in [-0.05, 0) is 106 Å². The zero-order valence-electron chi connectivity index (χ0n) is 47.6. The van der Waals surface area contributed by atoms with Crippen molar-refractivity contribution in [3.05, 3.63) is 96.0 Å². The predicted molar refractivity (Wildman–Crippen MR) is 317 cm³/mol. The highest BCUT2D eigenvalue weighted by atomic mass is 32.1. The largest absolute Gasteiger partial charge is 0.393 e. The summed E-state index contributed by atoms with van der Waals surface area (Å²) in [5, 5.41) is 29.0. The lowest BCUT2D eigenvalue weighted by Gasteiger charge is -2.34. The zero-order chi connectivity index (χ0) is 55.3. The first-order valence-corrected chi connectivity index (χ1v) is 29.2. The Morgan fingerprint density at radius 3 is 2.16 bits per heavy atom. The fourth-order valence-electron chi connectivity index (χ4n) is 9.63. The fourth-order valence-corrected chi connectivity index (χ4v) is 10.4. The third kappa shape index (κ3) is 23.7. The lowest BCUT2D eigenvalue weighted by molar-refractivity contribution is -0.118. The number of nitrogens with one attached hydrogen (secondary N) is 4. The topological polar surface area (TPSA) is 198 Å². The van der Waals surface area contributed by atoms with Crippen LogP contribution < -0.4 is 21.7 Å². The first-order valence-electron chi connectivity index (χ1n) is 28.3. The van der Waals surface area contributed by atoms with Crippen molar-refractivity contribution < 1.29 is 19.8 Å². The summed E-state index contributed by atoms with van der Waals surface area (Å²) in [6.45, 7) is 26.4. The van der Waals surface area contributed by atoms with Crippen molar-refractivity contribution >= 4 is 40.5 Å². The Morgan fingerprint density at radius 1 is 0.934 bits per heavy atom. The smallest absolute Gasteiger partial charge is 0.224 e. The van der Waals surface area contributed by atoms with E-state index in [1.165, 1.54) is 59.2 Å². The summed E-state index contributed by atoms with van der Waals surface area (Å²) >= 11 is 1.70. The average Bonchev–Trinajstić information content (AvgIpc) is 4.05. The standard InChI is InChI=1S/C30H45N7O.C13H16N2S.C12H23NO2.C6H12O/c1-3-23(4-2)19-33-30-34-21-27-26(20-32-29(27)35-30)25-12-10-24(11-13-25)22-37-17-15-36(16-18-37)14-8-6-5-7-9-28(31)38;1-9(14-3)11-4-6-12(7-5-11)13-10(2)15-8-16-13;1-5-13-8-11(15)6-10(9-14)7-12(2,3)4;7-6-4-2-1-3-5-6/h10-13,20-21,23H,3-9,14-19,22H2,1-2H3,(H2,31,38)(H2,32,33,34,35);4-9,14H,1-3H3;5,9-11,13,15H,1,6-8H2,2-4H3;6-7H,1-5H2/t;;10?,11-;/m..1./s1. The Labute approximate surface area is 460 Å². The monoisotopic (exact) mass is 1060 g/mol. The number of aliphatic hydroxyl groups excluding tert-OH is 2. The molecule has 420 valence electrons. The van der Waals surface area contributed by atoms with E-state index < -0.39 is 6.10 Å². The summed E-state index contributed by atoms with van der Waals surface area (Å²) in [6, 6.07) is 18.0. The number of primary amides is 1. The summed E-state index contributed by atoms with van der Waals surface area (Å²) in [6.07, 6.45) is 20.5. The number of piperazine rings is 1. The summed E-state index contributed by atoms with van der Waals surface area (Å²) < 4.78 is 0. The highest BCUT2D eigenvalue weighted by molar-refractivity contribution is 7.13. The molecule has 1 aliphatic heterocycles. The number of amides is 1. The van der Waals surface area contributed by atoms with Gasteiger partial charge in [-0.1, -0.05) is 135 Å². The van der Waals surface area contributed by atoms with Crippen LogP contribution in [0.2, 0.25) is 0 Å². The number of unbranched alkanes of at least 4 members (excludes halogenated alkanes) is 3. The van der Waals surface area contributed by atoms with Gasteiger partial charge in [0, 0.05) is 87.5 Å². The number of rotatable bonds is 25. The SMILES string of the molecule is C=CNC[C@H](O)CC(C=O)CC(C)(C)C.CCC(CC)CNc1ncc2c(-c3ccc(CN4CCN(CCCCCCC(N)=O)CC4)cc3)c[nH]c2n1.CNC(C)c1ccc(-c2scnc2C)cc1.OC1CCCCC1. The van der Waals surface area contributed by atoms with Crippen LogP contribution in [-0.4, -0.2) is 117 Å². The van der Waals surface area contributed by atoms with Gasteiger partial charge in [-0.2, -0.15) is 4.98 Å². The number of H-pyrrole nitrogens is 1. The summed E-state index contributed by atoms with van der Waals surface area (Å²) in [5.74, 6) is 1.09. The molecule has 14 nitrogen and oxygen atoms in total. The molecule has 0 bridgehead atoms. The van der Waals surface area contributed by atoms with E-state index in [1.807, 2.05) is 25.0 Å². The second-order valence-corrected chi connectivity index (χ2v) is 22.9. The second kappa shape index (κ2) is 34.7. The molecule has 1 aliphatic carbocycles. The number of carbonyl (C=O) groups is 2. The van der Waals surface area contributed by atoms with Crippen molar-refractivity contribution in [2.45, 2.75) is 163 Å². The summed E-state index contributed by atoms with van der Waals surface area (Å²) in [4.78, 5) is 44.9. The summed E-state index contributed by atoms with van der Waals surface area (Å²) in [7, 11) is 1.98. The minimum Gasteiger partial charge on any atom is -0.393 e. The number of carbonyl (C=O) groups excluding carboxylic acids is 2. The molecule has 3 aromatic heterocycles. The fraction of sp³-hybridized carbons (Fsp3) is 0.590. The molecular formula is C61H96N10O4S. The number of benzene rings is 2. The van der Waals surface area contributed by atoms with Crippen LogP contribution in [0.25, 0.3) is 32.6 Å². The number of aldehydes is 1. The van der Waals surface area contributed by atoms with Gasteiger partial charge >= 0.3 is 0 Å². The number of nitrogens with zero attached hydrogens (tertiary/aromatic N) is 5. The molecule has 8 N–H and O–H groups in total. The Balaban J connectivity index is 0.000000268. The van der Waals surface area contributed by atoms with Crippen LogP contribution in [0.3, 0.4) is 0 Å². The van der Waals surface area contributed by atoms with Gasteiger partial charge in [0.25, 0.3) is 0 Å². The highest BCUT2D eigenvalue weighted by Crippen LogP contribution is 2.30. The molecule has 2 unspecified atom stereocenters. The van der Waals surface area contributed by atoms with Crippen molar-refractivity contribution in [2.24, 2.45) is 23.0 Å². The first kappa shape index (κ1) is 63.5. The van der Waals surface area contributed by atoms with Gasteiger partial charge in [-0.15, -0.1) is 11.3 Å². The van der Waals surface area contributed by atoms with Gasteiger partial charge in [-0.3, -0.25) is 9.69 Å². The van der Waals surface area contributed by atoms with Crippen molar-refractivity contribution in [3.8, 4) is 21.6 Å². The van der Waals surface area contributed by atoms with Crippen LogP contribution in [0.4, 0.5) is 5.95 Å². The van der Waals surface area contributed by atoms with E-state index in [2.05, 4.69) is 144 Å². The molecule has 7 rings (SSSR count). The van der Waals surface area contributed by atoms with Gasteiger partial charge in [-0.25, -0.2) is 9.97 Å². The van der Waals surface area contributed by atoms with Gasteiger partial charge in [0.2, 0.25) is 11.9 Å². The number of aromatic nitrogens is 4. The average molecular weight is 1070 g/mol. The minimum atomic E-state index is -0.486. The normalized spacial score (nSPS) is 15.5. The van der Waals surface area contributed by atoms with E-state index in [-0.39, 0.29) is 23.3 Å². The first-order chi connectivity index (χ1) is 36.6. The number of thiazole rings is 1. The Hall–Kier alpha value is -5.03.